The van der Waals surface area contributed by atoms with Gasteiger partial charge in [0, 0.05) is 11.1 Å². The maximum absolute atomic E-state index is 11.4. The number of para-hydroxylation sites is 2. The first-order valence-electron chi connectivity index (χ1n) is 9.56. The van der Waals surface area contributed by atoms with Crippen molar-refractivity contribution in [3.63, 3.8) is 0 Å². The van der Waals surface area contributed by atoms with Gasteiger partial charge in [-0.05, 0) is 12.8 Å². The van der Waals surface area contributed by atoms with E-state index in [4.69, 9.17) is 9.47 Å². The van der Waals surface area contributed by atoms with Gasteiger partial charge in [-0.2, -0.15) is 0 Å². The second kappa shape index (κ2) is 10.9. The van der Waals surface area contributed by atoms with E-state index in [1.807, 2.05) is 12.1 Å². The molecule has 157 valence electrons. The minimum Gasteiger partial charge on any atom is -0.872 e. The van der Waals surface area contributed by atoms with Crippen LogP contribution in [0.25, 0.3) is 0 Å². The first-order valence-corrected chi connectivity index (χ1v) is 9.56. The molecule has 0 amide bonds. The Hall–Kier alpha value is -2.50. The van der Waals surface area contributed by atoms with E-state index < -0.39 is 0 Å². The van der Waals surface area contributed by atoms with Gasteiger partial charge in [-0.1, -0.05) is 73.9 Å². The number of benzene rings is 2. The normalized spacial score (nSPS) is 19.7. The number of rotatable bonds is 4. The Balaban J connectivity index is 0.000000200. The first kappa shape index (κ1) is 22.8. The Kier molecular flexibility index (Phi) is 8.55. The summed E-state index contributed by atoms with van der Waals surface area (Å²) in [7, 11) is 0. The van der Waals surface area contributed by atoms with Gasteiger partial charge >= 0.3 is 17.1 Å². The molecular formula is C22H24CuN2O4. The summed E-state index contributed by atoms with van der Waals surface area (Å²) in [6.45, 7) is 5.31. The molecule has 0 fully saturated rings. The molecular weight excluding hydrogens is 420 g/mol. The summed E-state index contributed by atoms with van der Waals surface area (Å²) < 4.78 is 10.7. The van der Waals surface area contributed by atoms with E-state index in [0.717, 1.165) is 12.8 Å². The second-order valence-electron chi connectivity index (χ2n) is 6.61. The third-order valence-corrected chi connectivity index (χ3v) is 4.60. The van der Waals surface area contributed by atoms with Crippen molar-refractivity contribution in [2.24, 2.45) is 9.98 Å². The van der Waals surface area contributed by atoms with Gasteiger partial charge in [0.1, 0.15) is 13.2 Å². The molecule has 2 aliphatic heterocycles. The largest absolute Gasteiger partial charge is 2.00 e. The number of hydrogen-bond acceptors (Lipinski definition) is 6. The summed E-state index contributed by atoms with van der Waals surface area (Å²) in [6, 6.07) is 14.1. The molecule has 2 aromatic rings. The molecule has 7 heteroatoms. The van der Waals surface area contributed by atoms with E-state index in [1.54, 1.807) is 24.3 Å². The molecule has 29 heavy (non-hydrogen) atoms. The number of ether oxygens (including phenoxy) is 2. The van der Waals surface area contributed by atoms with Crippen LogP contribution in [0.4, 0.5) is 0 Å². The molecule has 0 aromatic heterocycles. The van der Waals surface area contributed by atoms with Crippen LogP contribution in [-0.2, 0) is 26.5 Å². The molecule has 4 rings (SSSR count). The van der Waals surface area contributed by atoms with E-state index in [9.17, 15) is 10.2 Å². The Morgan fingerprint density at radius 3 is 1.45 bits per heavy atom. The smallest absolute Gasteiger partial charge is 0.872 e. The third kappa shape index (κ3) is 5.75. The van der Waals surface area contributed by atoms with Crippen molar-refractivity contribution in [2.45, 2.75) is 38.8 Å². The molecule has 0 spiro atoms. The van der Waals surface area contributed by atoms with E-state index in [0.29, 0.717) is 36.1 Å². The van der Waals surface area contributed by atoms with Gasteiger partial charge in [-0.3, -0.25) is 0 Å². The van der Waals surface area contributed by atoms with Crippen LogP contribution in [0.1, 0.15) is 37.8 Å². The van der Waals surface area contributed by atoms with Crippen LogP contribution >= 0.6 is 0 Å². The van der Waals surface area contributed by atoms with Crippen LogP contribution in [-0.4, -0.2) is 37.1 Å². The predicted octanol–water partition coefficient (Wildman–Crippen LogP) is 2.63. The monoisotopic (exact) mass is 443 g/mol. The maximum atomic E-state index is 11.4. The number of hydrogen-bond donors (Lipinski definition) is 0. The van der Waals surface area contributed by atoms with Crippen molar-refractivity contribution in [2.75, 3.05) is 13.2 Å². The van der Waals surface area contributed by atoms with Crippen LogP contribution in [0, 0.1) is 0 Å². The topological polar surface area (TPSA) is 89.3 Å². The van der Waals surface area contributed by atoms with Gasteiger partial charge in [0.15, 0.2) is 0 Å². The third-order valence-electron chi connectivity index (χ3n) is 4.60. The summed E-state index contributed by atoms with van der Waals surface area (Å²) in [4.78, 5) is 8.66. The summed E-state index contributed by atoms with van der Waals surface area (Å²) in [5, 5.41) is 22.9. The van der Waals surface area contributed by atoms with Crippen LogP contribution in [0.2, 0.25) is 0 Å². The summed E-state index contributed by atoms with van der Waals surface area (Å²) in [5.74, 6) is 0.955. The molecule has 2 aromatic carbocycles. The average Bonchev–Trinajstić information content (AvgIpc) is 3.39. The Labute approximate surface area is 181 Å². The fraction of sp³-hybridized carbons (Fsp3) is 0.364. The Bertz CT molecular complexity index is 798. The van der Waals surface area contributed by atoms with Crippen LogP contribution in [0.15, 0.2) is 58.5 Å². The SMILES string of the molecule is CC[C@@H]1COC(c2ccccc2[O-])=N1.CC[C@H]1COC(c2ccccc2[O-])=N1.[Cu+2]. The summed E-state index contributed by atoms with van der Waals surface area (Å²) in [5.41, 5.74) is 1.15. The van der Waals surface area contributed by atoms with Gasteiger partial charge in [0.2, 0.25) is 11.8 Å². The fourth-order valence-electron chi connectivity index (χ4n) is 2.83. The standard InChI is InChI=1S/2C11H13NO2.Cu/c2*1-2-8-7-14-11(12-8)9-5-3-4-6-10(9)13;/h2*3-6,8,13H,2,7H2,1H3;/q;;+2/p-2/t2*8-;/m10./s1. The quantitative estimate of drug-likeness (QED) is 0.679. The molecule has 2 aliphatic rings. The first-order chi connectivity index (χ1) is 13.6. The Morgan fingerprint density at radius 2 is 1.14 bits per heavy atom. The molecule has 0 N–H and O–H groups in total. The van der Waals surface area contributed by atoms with Crippen LogP contribution < -0.4 is 10.2 Å². The zero-order valence-electron chi connectivity index (χ0n) is 16.4. The van der Waals surface area contributed by atoms with Crippen molar-refractivity contribution in [3.05, 3.63) is 59.7 Å². The molecule has 0 saturated heterocycles. The molecule has 2 atom stereocenters. The van der Waals surface area contributed by atoms with Gasteiger partial charge in [-0.15, -0.1) is 0 Å². The molecule has 0 saturated carbocycles. The van der Waals surface area contributed by atoms with Crippen molar-refractivity contribution in [3.8, 4) is 11.5 Å². The van der Waals surface area contributed by atoms with Crippen LogP contribution in [0.3, 0.4) is 0 Å². The molecule has 6 nitrogen and oxygen atoms in total. The second-order valence-corrected chi connectivity index (χ2v) is 6.61. The molecule has 2 heterocycles. The molecule has 0 aliphatic carbocycles. The zero-order valence-corrected chi connectivity index (χ0v) is 17.4. The average molecular weight is 444 g/mol. The van der Waals surface area contributed by atoms with Crippen molar-refractivity contribution >= 4 is 11.8 Å². The summed E-state index contributed by atoms with van der Waals surface area (Å²) in [6.07, 6.45) is 1.90. The molecule has 0 bridgehead atoms. The van der Waals surface area contributed by atoms with Crippen molar-refractivity contribution in [1.82, 2.24) is 0 Å². The van der Waals surface area contributed by atoms with Gasteiger partial charge in [0.25, 0.3) is 0 Å². The van der Waals surface area contributed by atoms with Gasteiger partial charge in [-0.25, -0.2) is 9.98 Å². The Morgan fingerprint density at radius 1 is 0.759 bits per heavy atom. The fourth-order valence-corrected chi connectivity index (χ4v) is 2.83. The minimum absolute atomic E-state index is 0. The van der Waals surface area contributed by atoms with E-state index in [-0.39, 0.29) is 40.7 Å². The van der Waals surface area contributed by atoms with Gasteiger partial charge in [0.05, 0.1) is 12.1 Å². The summed E-state index contributed by atoms with van der Waals surface area (Å²) >= 11 is 0. The van der Waals surface area contributed by atoms with E-state index in [1.165, 1.54) is 12.1 Å². The maximum Gasteiger partial charge on any atom is 2.00 e. The minimum atomic E-state index is -0.0250. The van der Waals surface area contributed by atoms with E-state index in [2.05, 4.69) is 23.8 Å². The van der Waals surface area contributed by atoms with Gasteiger partial charge < -0.3 is 19.7 Å². The van der Waals surface area contributed by atoms with Crippen LogP contribution in [0.5, 0.6) is 11.5 Å². The molecule has 0 unspecified atom stereocenters. The molecule has 1 radical (unpaired) electrons. The number of aliphatic imine (C=N–C) groups is 2. The predicted molar refractivity (Wildman–Crippen MR) is 105 cm³/mol. The number of nitrogens with zero attached hydrogens (tertiary/aromatic N) is 2. The van der Waals surface area contributed by atoms with Crippen molar-refractivity contribution < 1.29 is 36.8 Å². The van der Waals surface area contributed by atoms with Crippen molar-refractivity contribution in [1.29, 1.82) is 0 Å². The van der Waals surface area contributed by atoms with E-state index >= 15 is 0 Å². The zero-order chi connectivity index (χ0) is 19.9.